The van der Waals surface area contributed by atoms with Crippen LogP contribution in [0.5, 0.6) is 0 Å². The third-order valence-electron chi connectivity index (χ3n) is 3.66. The molecule has 9 heteroatoms. The number of nitrogens with one attached hydrogen (secondary N) is 1. The first-order chi connectivity index (χ1) is 12.5. The Kier molecular flexibility index (Phi) is 6.24. The fraction of sp³-hybridized carbons (Fsp3) is 0.235. The van der Waals surface area contributed by atoms with E-state index in [4.69, 9.17) is 23.2 Å². The molecule has 0 fully saturated rings. The zero-order valence-electron chi connectivity index (χ0n) is 14.1. The summed E-state index contributed by atoms with van der Waals surface area (Å²) in [6.45, 7) is 4.61. The highest BCUT2D eigenvalue weighted by atomic mass is 35.5. The molecule has 26 heavy (non-hydrogen) atoms. The maximum atomic E-state index is 12.3. The average Bonchev–Trinajstić information content (AvgIpc) is 3.29. The number of nitrogens with zero attached hydrogens (tertiary/aromatic N) is 3. The second-order valence-electron chi connectivity index (χ2n) is 5.42. The Morgan fingerprint density at radius 2 is 2.12 bits per heavy atom. The van der Waals surface area contributed by atoms with Crippen LogP contribution in [0.4, 0.5) is 5.69 Å². The highest BCUT2D eigenvalue weighted by molar-refractivity contribution is 7.99. The summed E-state index contributed by atoms with van der Waals surface area (Å²) >= 11 is 15.3. The van der Waals surface area contributed by atoms with Crippen LogP contribution >= 0.6 is 46.3 Å². The minimum atomic E-state index is -0.201. The molecule has 3 aromatic rings. The number of carbonyl (C=O) groups excluding carboxylic acids is 1. The van der Waals surface area contributed by atoms with Crippen molar-refractivity contribution in [2.45, 2.75) is 25.5 Å². The van der Waals surface area contributed by atoms with Gasteiger partial charge in [-0.3, -0.25) is 4.79 Å². The van der Waals surface area contributed by atoms with Crippen molar-refractivity contribution < 1.29 is 4.79 Å². The number of anilines is 1. The molecular formula is C17H16Cl2N4OS2. The first-order valence-electron chi connectivity index (χ1n) is 7.85. The molecule has 0 saturated carbocycles. The molecule has 1 N–H and O–H groups in total. The topological polar surface area (TPSA) is 59.8 Å². The lowest BCUT2D eigenvalue weighted by Gasteiger charge is -2.11. The number of halogens is 2. The fourth-order valence-corrected chi connectivity index (χ4v) is 4.33. The number of aryl methyl sites for hydroxylation is 1. The Bertz CT molecular complexity index is 925. The molecule has 0 aliphatic carbocycles. The second-order valence-corrected chi connectivity index (χ2v) is 8.09. The SMILES string of the molecule is CCn1c(SCC(=O)Nc2c(Cl)ccc(C)c2Cl)nnc1-c1cccs1. The van der Waals surface area contributed by atoms with Crippen molar-refractivity contribution in [2.75, 3.05) is 11.1 Å². The second kappa shape index (κ2) is 8.43. The summed E-state index contributed by atoms with van der Waals surface area (Å²) in [5.74, 6) is 0.798. The van der Waals surface area contributed by atoms with E-state index >= 15 is 0 Å². The van der Waals surface area contributed by atoms with Crippen LogP contribution in [0.25, 0.3) is 10.7 Å². The normalized spacial score (nSPS) is 10.9. The molecule has 0 unspecified atom stereocenters. The van der Waals surface area contributed by atoms with Crippen molar-refractivity contribution in [2.24, 2.45) is 0 Å². The van der Waals surface area contributed by atoms with Gasteiger partial charge in [0.05, 0.1) is 26.4 Å². The van der Waals surface area contributed by atoms with Crippen LogP contribution in [0.1, 0.15) is 12.5 Å². The molecule has 1 aromatic carbocycles. The maximum absolute atomic E-state index is 12.3. The van der Waals surface area contributed by atoms with Crippen LogP contribution in [0.2, 0.25) is 10.0 Å². The zero-order chi connectivity index (χ0) is 18.7. The number of hydrogen-bond donors (Lipinski definition) is 1. The summed E-state index contributed by atoms with van der Waals surface area (Å²) < 4.78 is 2.00. The van der Waals surface area contributed by atoms with Crippen molar-refractivity contribution in [1.82, 2.24) is 14.8 Å². The summed E-state index contributed by atoms with van der Waals surface area (Å²) in [7, 11) is 0. The van der Waals surface area contributed by atoms with Crippen molar-refractivity contribution in [1.29, 1.82) is 0 Å². The van der Waals surface area contributed by atoms with Gasteiger partial charge >= 0.3 is 0 Å². The van der Waals surface area contributed by atoms with Gasteiger partial charge in [-0.25, -0.2) is 0 Å². The molecule has 0 bridgehead atoms. The van der Waals surface area contributed by atoms with Gasteiger partial charge in [-0.05, 0) is 36.9 Å². The molecule has 3 rings (SSSR count). The number of thiophene rings is 1. The number of thioether (sulfide) groups is 1. The van der Waals surface area contributed by atoms with Crippen molar-refractivity contribution >= 4 is 57.9 Å². The van der Waals surface area contributed by atoms with E-state index in [2.05, 4.69) is 15.5 Å². The third kappa shape index (κ3) is 4.06. The van der Waals surface area contributed by atoms with E-state index in [-0.39, 0.29) is 11.7 Å². The van der Waals surface area contributed by atoms with Gasteiger partial charge in [-0.2, -0.15) is 0 Å². The van der Waals surface area contributed by atoms with E-state index < -0.39 is 0 Å². The lowest BCUT2D eigenvalue weighted by molar-refractivity contribution is -0.113. The Labute approximate surface area is 169 Å². The Balaban J connectivity index is 1.70. The molecule has 1 amide bonds. The highest BCUT2D eigenvalue weighted by Gasteiger charge is 2.16. The van der Waals surface area contributed by atoms with E-state index in [1.807, 2.05) is 42.0 Å². The molecule has 2 aromatic heterocycles. The average molecular weight is 427 g/mol. The summed E-state index contributed by atoms with van der Waals surface area (Å²) in [5, 5.41) is 14.8. The summed E-state index contributed by atoms with van der Waals surface area (Å²) in [5.41, 5.74) is 1.29. The Morgan fingerprint density at radius 1 is 1.31 bits per heavy atom. The maximum Gasteiger partial charge on any atom is 0.234 e. The van der Waals surface area contributed by atoms with Gasteiger partial charge in [0, 0.05) is 6.54 Å². The largest absolute Gasteiger partial charge is 0.323 e. The molecule has 5 nitrogen and oxygen atoms in total. The van der Waals surface area contributed by atoms with Gasteiger partial charge in [-0.1, -0.05) is 47.1 Å². The highest BCUT2D eigenvalue weighted by Crippen LogP contribution is 2.33. The van der Waals surface area contributed by atoms with Crippen LogP contribution in [-0.2, 0) is 11.3 Å². The number of hydrogen-bond acceptors (Lipinski definition) is 5. The number of benzene rings is 1. The number of rotatable bonds is 6. The first-order valence-corrected chi connectivity index (χ1v) is 10.5. The van der Waals surface area contributed by atoms with Crippen LogP contribution in [0, 0.1) is 6.92 Å². The van der Waals surface area contributed by atoms with E-state index in [0.717, 1.165) is 22.8 Å². The summed E-state index contributed by atoms with van der Waals surface area (Å²) in [4.78, 5) is 13.4. The smallest absolute Gasteiger partial charge is 0.234 e. The van der Waals surface area contributed by atoms with Crippen molar-refractivity contribution in [3.8, 4) is 10.7 Å². The summed E-state index contributed by atoms with van der Waals surface area (Å²) in [6, 6.07) is 7.51. The minimum Gasteiger partial charge on any atom is -0.323 e. The van der Waals surface area contributed by atoms with E-state index in [9.17, 15) is 4.79 Å². The molecule has 0 radical (unpaired) electrons. The number of aromatic nitrogens is 3. The van der Waals surface area contributed by atoms with E-state index in [1.54, 1.807) is 17.4 Å². The van der Waals surface area contributed by atoms with Crippen LogP contribution in [0.15, 0.2) is 34.8 Å². The van der Waals surface area contributed by atoms with Gasteiger partial charge in [0.1, 0.15) is 0 Å². The number of amides is 1. The van der Waals surface area contributed by atoms with Crippen molar-refractivity contribution in [3.05, 3.63) is 45.3 Å². The van der Waals surface area contributed by atoms with Crippen LogP contribution in [-0.4, -0.2) is 26.4 Å². The van der Waals surface area contributed by atoms with Gasteiger partial charge in [0.15, 0.2) is 11.0 Å². The van der Waals surface area contributed by atoms with Gasteiger partial charge in [-0.15, -0.1) is 21.5 Å². The molecule has 0 aliphatic heterocycles. The molecule has 136 valence electrons. The monoisotopic (exact) mass is 426 g/mol. The number of carbonyl (C=O) groups is 1. The van der Waals surface area contributed by atoms with Gasteiger partial charge < -0.3 is 9.88 Å². The predicted molar refractivity (Wildman–Crippen MR) is 110 cm³/mol. The molecule has 2 heterocycles. The predicted octanol–water partition coefficient (Wildman–Crippen LogP) is 5.37. The fourth-order valence-electron chi connectivity index (χ4n) is 2.35. The molecule has 0 atom stereocenters. The molecule has 0 saturated heterocycles. The van der Waals surface area contributed by atoms with E-state index in [0.29, 0.717) is 20.9 Å². The summed E-state index contributed by atoms with van der Waals surface area (Å²) in [6.07, 6.45) is 0. The van der Waals surface area contributed by atoms with Crippen LogP contribution in [0.3, 0.4) is 0 Å². The quantitative estimate of drug-likeness (QED) is 0.537. The third-order valence-corrected chi connectivity index (χ3v) is 6.29. The molecular weight excluding hydrogens is 411 g/mol. The standard InChI is InChI=1S/C17H16Cl2N4OS2/c1-3-23-16(12-5-4-8-25-12)21-22-17(23)26-9-13(24)20-15-11(18)7-6-10(2)14(15)19/h4-8H,3,9H2,1-2H3,(H,20,24). The Morgan fingerprint density at radius 3 is 2.81 bits per heavy atom. The lowest BCUT2D eigenvalue weighted by atomic mass is 10.2. The van der Waals surface area contributed by atoms with Gasteiger partial charge in [0.25, 0.3) is 0 Å². The minimum absolute atomic E-state index is 0.184. The lowest BCUT2D eigenvalue weighted by Crippen LogP contribution is -2.15. The van der Waals surface area contributed by atoms with E-state index in [1.165, 1.54) is 11.8 Å². The van der Waals surface area contributed by atoms with Crippen molar-refractivity contribution in [3.63, 3.8) is 0 Å². The zero-order valence-corrected chi connectivity index (χ0v) is 17.3. The van der Waals surface area contributed by atoms with Crippen LogP contribution < -0.4 is 5.32 Å². The molecule has 0 aliphatic rings. The first kappa shape index (κ1) is 19.2. The van der Waals surface area contributed by atoms with Gasteiger partial charge in [0.2, 0.25) is 5.91 Å². The Hall–Kier alpha value is -1.54. The molecule has 0 spiro atoms.